The highest BCUT2D eigenvalue weighted by Gasteiger charge is 2.07. The zero-order chi connectivity index (χ0) is 13.7. The van der Waals surface area contributed by atoms with E-state index in [9.17, 15) is 0 Å². The quantitative estimate of drug-likeness (QED) is 0.894. The minimum atomic E-state index is 0.576. The molecule has 0 aliphatic heterocycles. The molecule has 0 spiro atoms. The zero-order valence-electron chi connectivity index (χ0n) is 11.5. The van der Waals surface area contributed by atoms with Gasteiger partial charge in [-0.2, -0.15) is 0 Å². The maximum Gasteiger partial charge on any atom is 0.142 e. The number of ether oxygens (including phenoxy) is 1. The van der Waals surface area contributed by atoms with E-state index in [1.807, 2.05) is 30.3 Å². The van der Waals surface area contributed by atoms with E-state index >= 15 is 0 Å². The number of hydrogen-bond donors (Lipinski definition) is 1. The van der Waals surface area contributed by atoms with Crippen LogP contribution in [0.2, 0.25) is 0 Å². The molecule has 0 bridgehead atoms. The highest BCUT2D eigenvalue weighted by Crippen LogP contribution is 2.27. The standard InChI is InChI=1S/C16H20N2O/c1-18(15-8-3-4-9-16(15)19-2)12-14-7-5-6-13(10-14)11-17/h3-10H,11-12,17H2,1-2H3. The Kier molecular flexibility index (Phi) is 4.42. The third kappa shape index (κ3) is 3.26. The topological polar surface area (TPSA) is 38.5 Å². The van der Waals surface area contributed by atoms with E-state index in [1.54, 1.807) is 7.11 Å². The van der Waals surface area contributed by atoms with E-state index in [-0.39, 0.29) is 0 Å². The van der Waals surface area contributed by atoms with Crippen molar-refractivity contribution in [1.29, 1.82) is 0 Å². The van der Waals surface area contributed by atoms with Crippen LogP contribution in [-0.4, -0.2) is 14.2 Å². The smallest absolute Gasteiger partial charge is 0.142 e. The lowest BCUT2D eigenvalue weighted by Gasteiger charge is -2.22. The maximum atomic E-state index is 5.67. The van der Waals surface area contributed by atoms with Gasteiger partial charge in [0.15, 0.2) is 0 Å². The highest BCUT2D eigenvalue weighted by molar-refractivity contribution is 5.58. The molecular formula is C16H20N2O. The van der Waals surface area contributed by atoms with Crippen LogP contribution in [0.1, 0.15) is 11.1 Å². The van der Waals surface area contributed by atoms with Gasteiger partial charge in [0.1, 0.15) is 5.75 Å². The van der Waals surface area contributed by atoms with E-state index in [0.717, 1.165) is 23.5 Å². The molecule has 100 valence electrons. The van der Waals surface area contributed by atoms with Crippen molar-refractivity contribution in [2.75, 3.05) is 19.1 Å². The van der Waals surface area contributed by atoms with Crippen LogP contribution >= 0.6 is 0 Å². The molecule has 2 aromatic rings. The summed E-state index contributed by atoms with van der Waals surface area (Å²) in [6.07, 6.45) is 0. The van der Waals surface area contributed by atoms with Crippen molar-refractivity contribution in [2.45, 2.75) is 13.1 Å². The van der Waals surface area contributed by atoms with Gasteiger partial charge >= 0.3 is 0 Å². The molecule has 0 radical (unpaired) electrons. The zero-order valence-corrected chi connectivity index (χ0v) is 11.5. The summed E-state index contributed by atoms with van der Waals surface area (Å²) in [5.74, 6) is 0.889. The van der Waals surface area contributed by atoms with Crippen LogP contribution in [0, 0.1) is 0 Å². The van der Waals surface area contributed by atoms with Crippen LogP contribution in [0.5, 0.6) is 5.75 Å². The maximum absolute atomic E-state index is 5.67. The first-order valence-electron chi connectivity index (χ1n) is 6.36. The molecular weight excluding hydrogens is 236 g/mol. The fourth-order valence-electron chi connectivity index (χ4n) is 2.16. The number of rotatable bonds is 5. The van der Waals surface area contributed by atoms with Crippen molar-refractivity contribution in [2.24, 2.45) is 5.73 Å². The third-order valence-corrected chi connectivity index (χ3v) is 3.14. The summed E-state index contributed by atoms with van der Waals surface area (Å²) in [6.45, 7) is 1.40. The SMILES string of the molecule is COc1ccccc1N(C)Cc1cccc(CN)c1. The van der Waals surface area contributed by atoms with Crippen molar-refractivity contribution >= 4 is 5.69 Å². The van der Waals surface area contributed by atoms with E-state index in [0.29, 0.717) is 6.54 Å². The Morgan fingerprint density at radius 1 is 1.05 bits per heavy atom. The number of methoxy groups -OCH3 is 1. The number of anilines is 1. The second-order valence-electron chi connectivity index (χ2n) is 4.55. The molecule has 0 heterocycles. The van der Waals surface area contributed by atoms with Crippen molar-refractivity contribution < 1.29 is 4.74 Å². The summed E-state index contributed by atoms with van der Waals surface area (Å²) < 4.78 is 5.39. The summed E-state index contributed by atoms with van der Waals surface area (Å²) in [6, 6.07) is 16.4. The van der Waals surface area contributed by atoms with Crippen molar-refractivity contribution in [1.82, 2.24) is 0 Å². The predicted octanol–water partition coefficient (Wildman–Crippen LogP) is 2.79. The molecule has 0 amide bonds. The van der Waals surface area contributed by atoms with Crippen molar-refractivity contribution in [3.05, 3.63) is 59.7 Å². The molecule has 0 fully saturated rings. The Morgan fingerprint density at radius 2 is 1.79 bits per heavy atom. The molecule has 0 saturated heterocycles. The summed E-state index contributed by atoms with van der Waals surface area (Å²) in [4.78, 5) is 2.18. The van der Waals surface area contributed by atoms with E-state index in [1.165, 1.54) is 5.56 Å². The van der Waals surface area contributed by atoms with Gasteiger partial charge < -0.3 is 15.4 Å². The fourth-order valence-corrected chi connectivity index (χ4v) is 2.16. The molecule has 19 heavy (non-hydrogen) atoms. The Balaban J connectivity index is 2.18. The van der Waals surface area contributed by atoms with Gasteiger partial charge in [0.05, 0.1) is 12.8 Å². The van der Waals surface area contributed by atoms with E-state index < -0.39 is 0 Å². The second kappa shape index (κ2) is 6.25. The summed E-state index contributed by atoms with van der Waals surface area (Å²) >= 11 is 0. The molecule has 2 rings (SSSR count). The Bertz CT molecular complexity index is 540. The number of nitrogens with two attached hydrogens (primary N) is 1. The number of benzene rings is 2. The molecule has 0 aliphatic carbocycles. The van der Waals surface area contributed by atoms with Crippen LogP contribution in [0.25, 0.3) is 0 Å². The van der Waals surface area contributed by atoms with E-state index in [2.05, 4.69) is 30.1 Å². The summed E-state index contributed by atoms with van der Waals surface area (Å²) in [7, 11) is 3.76. The van der Waals surface area contributed by atoms with Crippen LogP contribution in [0.4, 0.5) is 5.69 Å². The first-order chi connectivity index (χ1) is 9.24. The minimum Gasteiger partial charge on any atom is -0.495 e. The molecule has 3 heteroatoms. The van der Waals surface area contributed by atoms with Crippen molar-refractivity contribution in [3.8, 4) is 5.75 Å². The molecule has 0 aliphatic rings. The lowest BCUT2D eigenvalue weighted by molar-refractivity contribution is 0.415. The van der Waals surface area contributed by atoms with Crippen LogP contribution in [0.3, 0.4) is 0 Å². The lowest BCUT2D eigenvalue weighted by atomic mass is 10.1. The number of para-hydroxylation sites is 2. The summed E-state index contributed by atoms with van der Waals surface area (Å²) in [5, 5.41) is 0. The number of nitrogens with zero attached hydrogens (tertiary/aromatic N) is 1. The highest BCUT2D eigenvalue weighted by atomic mass is 16.5. The molecule has 2 aromatic carbocycles. The molecule has 3 nitrogen and oxygen atoms in total. The fraction of sp³-hybridized carbons (Fsp3) is 0.250. The van der Waals surface area contributed by atoms with Gasteiger partial charge in [0.2, 0.25) is 0 Å². The van der Waals surface area contributed by atoms with Gasteiger partial charge in [-0.05, 0) is 23.3 Å². The molecule has 0 atom stereocenters. The molecule has 2 N–H and O–H groups in total. The summed E-state index contributed by atoms with van der Waals surface area (Å²) in [5.41, 5.74) is 9.16. The third-order valence-electron chi connectivity index (χ3n) is 3.14. The van der Waals surface area contributed by atoms with Gasteiger partial charge in [-0.3, -0.25) is 0 Å². The van der Waals surface area contributed by atoms with Gasteiger partial charge in [-0.25, -0.2) is 0 Å². The van der Waals surface area contributed by atoms with Gasteiger partial charge in [-0.15, -0.1) is 0 Å². The first kappa shape index (κ1) is 13.4. The average molecular weight is 256 g/mol. The second-order valence-corrected chi connectivity index (χ2v) is 4.55. The van der Waals surface area contributed by atoms with Crippen LogP contribution in [-0.2, 0) is 13.1 Å². The number of hydrogen-bond acceptors (Lipinski definition) is 3. The predicted molar refractivity (Wildman–Crippen MR) is 79.4 cm³/mol. The first-order valence-corrected chi connectivity index (χ1v) is 6.36. The lowest BCUT2D eigenvalue weighted by Crippen LogP contribution is -2.17. The molecule has 0 aromatic heterocycles. The Morgan fingerprint density at radius 3 is 2.53 bits per heavy atom. The van der Waals surface area contributed by atoms with Crippen molar-refractivity contribution in [3.63, 3.8) is 0 Å². The monoisotopic (exact) mass is 256 g/mol. The van der Waals surface area contributed by atoms with Crippen LogP contribution < -0.4 is 15.4 Å². The average Bonchev–Trinajstić information content (AvgIpc) is 2.47. The normalized spacial score (nSPS) is 10.3. The molecule has 0 saturated carbocycles. The van der Waals surface area contributed by atoms with Gasteiger partial charge in [-0.1, -0.05) is 36.4 Å². The van der Waals surface area contributed by atoms with Gasteiger partial charge in [0, 0.05) is 20.1 Å². The molecule has 0 unspecified atom stereocenters. The minimum absolute atomic E-state index is 0.576. The Labute approximate surface area is 114 Å². The van der Waals surface area contributed by atoms with E-state index in [4.69, 9.17) is 10.5 Å². The largest absolute Gasteiger partial charge is 0.495 e. The van der Waals surface area contributed by atoms with Gasteiger partial charge in [0.25, 0.3) is 0 Å². The van der Waals surface area contributed by atoms with Crippen LogP contribution in [0.15, 0.2) is 48.5 Å². The Hall–Kier alpha value is -2.00.